The van der Waals surface area contributed by atoms with Crippen LogP contribution in [0.15, 0.2) is 18.2 Å². The number of anilines is 1. The van der Waals surface area contributed by atoms with Gasteiger partial charge >= 0.3 is 63.3 Å². The van der Waals surface area contributed by atoms with Gasteiger partial charge in [0, 0.05) is 6.42 Å². The Morgan fingerprint density at radius 1 is 1.21 bits per heavy atom. The fourth-order valence-corrected chi connectivity index (χ4v) is 2.46. The first-order valence-corrected chi connectivity index (χ1v) is 8.29. The number of aliphatic hydroxyl groups excluding tert-OH is 3. The number of ether oxygens (including phenoxy) is 3. The smallest absolute Gasteiger partial charge is 0.487 e. The Balaban J connectivity index is 0.00000420. The monoisotopic (exact) mass is 437 g/mol. The average molecular weight is 437 g/mol. The summed E-state index contributed by atoms with van der Waals surface area (Å²) in [5.41, 5.74) is 0.583. The van der Waals surface area contributed by atoms with E-state index in [9.17, 15) is 29.7 Å². The Kier molecular flexibility index (Phi) is 10.7. The van der Waals surface area contributed by atoms with Crippen LogP contribution >= 0.6 is 0 Å². The first kappa shape index (κ1) is 25.9. The van der Waals surface area contributed by atoms with Crippen molar-refractivity contribution in [2.75, 3.05) is 5.32 Å². The van der Waals surface area contributed by atoms with Gasteiger partial charge in [-0.15, -0.1) is 6.07 Å². The molecule has 12 heteroatoms. The standard InChI is InChI=1S/C17H20NO10.K/c1-2-11(20)26-6-8-3-4-10(9(5-8)18-7-19)27-17-14(23)12(21)13(22)15(28-17)16(24)25;/h3-5,12-15,17,21-23H,2,6H2,1H3,(H,18,19)(H,24,25);/q-1;+1/t12-,13-,14?,15-,17+;/m0./s1. The van der Waals surface area contributed by atoms with Crippen LogP contribution in [0.3, 0.4) is 0 Å². The number of hydrogen-bond donors (Lipinski definition) is 5. The maximum Gasteiger partial charge on any atom is 1.00 e. The Bertz CT molecular complexity index is 730. The van der Waals surface area contributed by atoms with Gasteiger partial charge in [-0.3, -0.25) is 4.79 Å². The number of carbonyl (C=O) groups excluding carboxylic acids is 2. The fraction of sp³-hybridized carbons (Fsp3) is 0.471. The topological polar surface area (TPSA) is 172 Å². The van der Waals surface area contributed by atoms with E-state index < -0.39 is 42.6 Å². The van der Waals surface area contributed by atoms with Gasteiger partial charge in [0.25, 0.3) is 0 Å². The molecule has 1 aromatic rings. The first-order chi connectivity index (χ1) is 13.3. The van der Waals surface area contributed by atoms with Crippen LogP contribution in [0, 0.1) is 0 Å². The molecule has 154 valence electrons. The van der Waals surface area contributed by atoms with Crippen LogP contribution in [0.1, 0.15) is 18.9 Å². The third-order valence-electron chi connectivity index (χ3n) is 3.97. The summed E-state index contributed by atoms with van der Waals surface area (Å²) in [7, 11) is 0. The molecule has 0 aliphatic carbocycles. The van der Waals surface area contributed by atoms with E-state index in [4.69, 9.17) is 19.3 Å². The van der Waals surface area contributed by atoms with Gasteiger partial charge in [-0.2, -0.15) is 0 Å². The van der Waals surface area contributed by atoms with E-state index in [-0.39, 0.29) is 75.8 Å². The van der Waals surface area contributed by atoms with Crippen molar-refractivity contribution in [1.82, 2.24) is 0 Å². The van der Waals surface area contributed by atoms with Crippen LogP contribution in [0.4, 0.5) is 5.69 Å². The normalized spacial score (nSPS) is 26.0. The van der Waals surface area contributed by atoms with Crippen LogP contribution in [0.25, 0.3) is 0 Å². The second kappa shape index (κ2) is 11.9. The summed E-state index contributed by atoms with van der Waals surface area (Å²) in [4.78, 5) is 33.1. The van der Waals surface area contributed by atoms with E-state index in [1.54, 1.807) is 6.92 Å². The quantitative estimate of drug-likeness (QED) is 0.116. The third kappa shape index (κ3) is 6.70. The van der Waals surface area contributed by atoms with Crippen molar-refractivity contribution in [2.24, 2.45) is 0 Å². The molecule has 5 atom stereocenters. The maximum atomic E-state index is 11.2. The predicted molar refractivity (Wildman–Crippen MR) is 90.8 cm³/mol. The molecule has 1 fully saturated rings. The zero-order valence-corrected chi connectivity index (χ0v) is 18.9. The van der Waals surface area contributed by atoms with Crippen LogP contribution in [0.5, 0.6) is 5.75 Å². The summed E-state index contributed by atoms with van der Waals surface area (Å²) < 4.78 is 15.4. The molecule has 0 radical (unpaired) electrons. The number of rotatable bonds is 8. The van der Waals surface area contributed by atoms with Gasteiger partial charge in [-0.1, -0.05) is 18.7 Å². The molecule has 0 saturated carbocycles. The Morgan fingerprint density at radius 2 is 1.90 bits per heavy atom. The number of carbonyl (C=O) groups is 2. The molecule has 0 aromatic heterocycles. The van der Waals surface area contributed by atoms with Gasteiger partial charge in [-0.25, -0.2) is 4.79 Å². The molecular formula is C17H20KNO10. The maximum absolute atomic E-state index is 11.2. The van der Waals surface area contributed by atoms with Crippen LogP contribution < -0.4 is 61.4 Å². The third-order valence-corrected chi connectivity index (χ3v) is 3.97. The molecule has 1 aliphatic rings. The molecule has 1 amide bonds. The molecule has 1 unspecified atom stereocenters. The van der Waals surface area contributed by atoms with E-state index in [1.165, 1.54) is 24.6 Å². The number of aliphatic carboxylic acids is 1. The minimum absolute atomic E-state index is 0. The van der Waals surface area contributed by atoms with Crippen molar-refractivity contribution in [3.05, 3.63) is 23.8 Å². The number of esters is 1. The molecule has 11 nitrogen and oxygen atoms in total. The zero-order chi connectivity index (χ0) is 20.8. The van der Waals surface area contributed by atoms with Crippen LogP contribution in [-0.2, 0) is 30.5 Å². The van der Waals surface area contributed by atoms with Crippen molar-refractivity contribution in [3.8, 4) is 5.75 Å². The number of amides is 1. The van der Waals surface area contributed by atoms with Crippen molar-refractivity contribution >= 4 is 24.0 Å². The molecule has 1 aliphatic heterocycles. The Morgan fingerprint density at radius 3 is 2.48 bits per heavy atom. The van der Waals surface area contributed by atoms with E-state index >= 15 is 0 Å². The number of benzene rings is 1. The SMILES string of the molecule is CCC(=O)OCc1ccc(O[C@@H]2O[C@H](C(=O)O)[C@@H](O)[C@H](O)C2O)c(N[C-]=O)c1.[K+]. The predicted octanol–water partition coefficient (Wildman–Crippen LogP) is -4.11. The van der Waals surface area contributed by atoms with Crippen molar-refractivity contribution in [3.63, 3.8) is 0 Å². The fourth-order valence-electron chi connectivity index (χ4n) is 2.46. The van der Waals surface area contributed by atoms with Gasteiger partial charge in [0.15, 0.2) is 6.10 Å². The van der Waals surface area contributed by atoms with Gasteiger partial charge < -0.3 is 44.7 Å². The van der Waals surface area contributed by atoms with E-state index in [0.29, 0.717) is 5.56 Å². The summed E-state index contributed by atoms with van der Waals surface area (Å²) in [5.74, 6) is -2.01. The molecule has 0 spiro atoms. The number of nitrogens with one attached hydrogen (secondary N) is 1. The molecule has 1 heterocycles. The summed E-state index contributed by atoms with van der Waals surface area (Å²) >= 11 is 0. The Hall–Kier alpha value is -1.09. The molecule has 1 aromatic carbocycles. The minimum Gasteiger partial charge on any atom is -0.487 e. The van der Waals surface area contributed by atoms with Gasteiger partial charge in [0.05, 0.1) is 12.2 Å². The number of hydrogen-bond acceptors (Lipinski definition) is 9. The molecule has 29 heavy (non-hydrogen) atoms. The van der Waals surface area contributed by atoms with Crippen molar-refractivity contribution in [1.29, 1.82) is 0 Å². The second-order valence-corrected chi connectivity index (χ2v) is 5.92. The zero-order valence-electron chi connectivity index (χ0n) is 15.8. The molecule has 5 N–H and O–H groups in total. The summed E-state index contributed by atoms with van der Waals surface area (Å²) in [6.45, 7) is 1.58. The van der Waals surface area contributed by atoms with E-state index in [2.05, 4.69) is 5.32 Å². The molecule has 1 saturated heterocycles. The van der Waals surface area contributed by atoms with Crippen molar-refractivity contribution < 1.29 is 100 Å². The minimum atomic E-state index is -1.86. The van der Waals surface area contributed by atoms with Gasteiger partial charge in [-0.05, 0) is 11.6 Å². The summed E-state index contributed by atoms with van der Waals surface area (Å²) in [6, 6.07) is 4.28. The second-order valence-electron chi connectivity index (χ2n) is 5.92. The average Bonchev–Trinajstić information content (AvgIpc) is 2.67. The van der Waals surface area contributed by atoms with Crippen LogP contribution in [0.2, 0.25) is 0 Å². The molecule has 2 rings (SSSR count). The van der Waals surface area contributed by atoms with Gasteiger partial charge in [0.2, 0.25) is 6.29 Å². The number of carboxylic acid groups (broad SMARTS) is 1. The van der Waals surface area contributed by atoms with Crippen LogP contribution in [-0.4, -0.2) is 69.5 Å². The summed E-state index contributed by atoms with van der Waals surface area (Å²) in [5, 5.41) is 40.8. The van der Waals surface area contributed by atoms with Gasteiger partial charge in [0.1, 0.15) is 24.9 Å². The molecule has 0 bridgehead atoms. The number of carboxylic acids is 1. The number of aliphatic hydroxyl groups is 3. The largest absolute Gasteiger partial charge is 1.00 e. The molecular weight excluding hydrogens is 417 g/mol. The Labute approximate surface area is 208 Å². The van der Waals surface area contributed by atoms with E-state index in [1.807, 2.05) is 0 Å². The first-order valence-electron chi connectivity index (χ1n) is 8.29. The van der Waals surface area contributed by atoms with E-state index in [0.717, 1.165) is 0 Å². The summed E-state index contributed by atoms with van der Waals surface area (Å²) in [6.07, 6.45) is -7.28. The van der Waals surface area contributed by atoms with Crippen molar-refractivity contribution in [2.45, 2.75) is 50.7 Å².